The van der Waals surface area contributed by atoms with Crippen LogP contribution in [-0.4, -0.2) is 26.1 Å². The van der Waals surface area contributed by atoms with Crippen LogP contribution in [0, 0.1) is 12.8 Å². The van der Waals surface area contributed by atoms with E-state index in [1.54, 1.807) is 0 Å². The van der Waals surface area contributed by atoms with E-state index >= 15 is 0 Å². The van der Waals surface area contributed by atoms with Gasteiger partial charge in [0.25, 0.3) is 0 Å². The van der Waals surface area contributed by atoms with E-state index < -0.39 is 0 Å². The van der Waals surface area contributed by atoms with Crippen LogP contribution in [0.3, 0.4) is 0 Å². The van der Waals surface area contributed by atoms with Crippen molar-refractivity contribution in [3.05, 3.63) is 53.6 Å². The van der Waals surface area contributed by atoms with Crippen LogP contribution in [-0.2, 0) is 7.05 Å². The minimum absolute atomic E-state index is 0.0791. The van der Waals surface area contributed by atoms with Crippen molar-refractivity contribution in [2.45, 2.75) is 32.9 Å². The van der Waals surface area contributed by atoms with Gasteiger partial charge in [-0.2, -0.15) is 0 Å². The highest BCUT2D eigenvalue weighted by Gasteiger charge is 2.41. The summed E-state index contributed by atoms with van der Waals surface area (Å²) in [5.74, 6) is 0.543. The quantitative estimate of drug-likeness (QED) is 0.873. The van der Waals surface area contributed by atoms with Crippen molar-refractivity contribution in [1.29, 1.82) is 0 Å². The predicted octanol–water partition coefficient (Wildman–Crippen LogP) is 3.36. The van der Waals surface area contributed by atoms with E-state index in [0.717, 1.165) is 17.4 Å². The van der Waals surface area contributed by atoms with Gasteiger partial charge in [0.2, 0.25) is 0 Å². The number of aryl methyl sites for hydroxylation is 1. The first-order chi connectivity index (χ1) is 11.0. The Labute approximate surface area is 143 Å². The van der Waals surface area contributed by atoms with Crippen molar-refractivity contribution in [2.24, 2.45) is 13.0 Å². The second-order valence-electron chi connectivity index (χ2n) is 6.63. The number of rotatable bonds is 4. The molecule has 1 aliphatic heterocycles. The van der Waals surface area contributed by atoms with Gasteiger partial charge < -0.3 is 14.8 Å². The number of nitrogens with one attached hydrogen (secondary N) is 1. The van der Waals surface area contributed by atoms with E-state index in [0.29, 0.717) is 5.92 Å². The molecular formula is C18H24N4S. The molecule has 1 saturated heterocycles. The third-order valence-corrected chi connectivity index (χ3v) is 4.83. The molecule has 2 aromatic heterocycles. The second-order valence-corrected chi connectivity index (χ2v) is 7.02. The lowest BCUT2D eigenvalue weighted by atomic mass is 10.0. The van der Waals surface area contributed by atoms with Gasteiger partial charge in [0.05, 0.1) is 17.8 Å². The van der Waals surface area contributed by atoms with E-state index in [1.807, 2.05) is 18.3 Å². The number of thiocarbonyl (C=S) groups is 1. The lowest BCUT2D eigenvalue weighted by molar-refractivity contribution is 0.278. The third-order valence-electron chi connectivity index (χ3n) is 4.47. The zero-order chi connectivity index (χ0) is 16.6. The van der Waals surface area contributed by atoms with Gasteiger partial charge >= 0.3 is 0 Å². The van der Waals surface area contributed by atoms with Crippen molar-refractivity contribution in [1.82, 2.24) is 19.8 Å². The Morgan fingerprint density at radius 3 is 2.61 bits per heavy atom. The van der Waals surface area contributed by atoms with E-state index in [-0.39, 0.29) is 12.1 Å². The Morgan fingerprint density at radius 2 is 2.04 bits per heavy atom. The first-order valence-corrected chi connectivity index (χ1v) is 8.50. The first kappa shape index (κ1) is 16.0. The molecule has 1 N–H and O–H groups in total. The summed E-state index contributed by atoms with van der Waals surface area (Å²) in [5.41, 5.74) is 3.55. The number of pyridine rings is 1. The predicted molar refractivity (Wildman–Crippen MR) is 97.1 cm³/mol. The summed E-state index contributed by atoms with van der Waals surface area (Å²) in [6.07, 6.45) is 1.85. The number of aromatic nitrogens is 2. The van der Waals surface area contributed by atoms with Crippen LogP contribution in [0.4, 0.5) is 0 Å². The molecule has 1 fully saturated rings. The number of nitrogens with zero attached hydrogens (tertiary/aromatic N) is 3. The van der Waals surface area contributed by atoms with Gasteiger partial charge in [-0.15, -0.1) is 0 Å². The van der Waals surface area contributed by atoms with Crippen LogP contribution in [0.15, 0.2) is 36.5 Å². The molecule has 0 aliphatic carbocycles. The number of hydrogen-bond donors (Lipinski definition) is 1. The maximum Gasteiger partial charge on any atom is 0.170 e. The molecule has 0 spiro atoms. The van der Waals surface area contributed by atoms with E-state index in [4.69, 9.17) is 12.2 Å². The van der Waals surface area contributed by atoms with E-state index in [1.165, 1.54) is 11.4 Å². The van der Waals surface area contributed by atoms with Crippen LogP contribution < -0.4 is 5.32 Å². The van der Waals surface area contributed by atoms with Crippen LogP contribution in [0.1, 0.15) is 43.0 Å². The van der Waals surface area contributed by atoms with Gasteiger partial charge in [0.1, 0.15) is 0 Å². The van der Waals surface area contributed by atoms with Crippen molar-refractivity contribution in [3.63, 3.8) is 0 Å². The summed E-state index contributed by atoms with van der Waals surface area (Å²) in [5, 5.41) is 4.31. The Morgan fingerprint density at radius 1 is 1.26 bits per heavy atom. The molecule has 4 nitrogen and oxygen atoms in total. The van der Waals surface area contributed by atoms with Crippen molar-refractivity contribution < 1.29 is 0 Å². The number of hydrogen-bond acceptors (Lipinski definition) is 2. The molecule has 0 unspecified atom stereocenters. The van der Waals surface area contributed by atoms with Gasteiger partial charge in [-0.05, 0) is 49.3 Å². The van der Waals surface area contributed by atoms with E-state index in [9.17, 15) is 0 Å². The summed E-state index contributed by atoms with van der Waals surface area (Å²) < 4.78 is 2.25. The fourth-order valence-corrected chi connectivity index (χ4v) is 3.56. The molecule has 2 aromatic rings. The zero-order valence-corrected chi connectivity index (χ0v) is 15.0. The SMILES string of the molecule is Cc1ccc([C@@H]2[C@H](c3ccccn3)NC(=S)N2CC(C)C)n1C. The van der Waals surface area contributed by atoms with Crippen molar-refractivity contribution >= 4 is 17.3 Å². The molecule has 23 heavy (non-hydrogen) atoms. The fraction of sp³-hybridized carbons (Fsp3) is 0.444. The zero-order valence-electron chi connectivity index (χ0n) is 14.2. The Hall–Kier alpha value is -1.88. The highest BCUT2D eigenvalue weighted by molar-refractivity contribution is 7.80. The average Bonchev–Trinajstić information content (AvgIpc) is 3.01. The fourth-order valence-electron chi connectivity index (χ4n) is 3.25. The molecule has 0 aromatic carbocycles. The molecule has 5 heteroatoms. The molecule has 122 valence electrons. The summed E-state index contributed by atoms with van der Waals surface area (Å²) in [7, 11) is 2.12. The van der Waals surface area contributed by atoms with Gasteiger partial charge in [-0.25, -0.2) is 0 Å². The van der Waals surface area contributed by atoms with Gasteiger partial charge in [0.15, 0.2) is 5.11 Å². The summed E-state index contributed by atoms with van der Waals surface area (Å²) in [4.78, 5) is 6.88. The molecule has 0 saturated carbocycles. The van der Waals surface area contributed by atoms with Gasteiger partial charge in [-0.3, -0.25) is 4.98 Å². The highest BCUT2D eigenvalue weighted by atomic mass is 32.1. The van der Waals surface area contributed by atoms with Crippen molar-refractivity contribution in [3.8, 4) is 0 Å². The third kappa shape index (κ3) is 2.98. The van der Waals surface area contributed by atoms with Crippen LogP contribution in [0.2, 0.25) is 0 Å². The summed E-state index contributed by atoms with van der Waals surface area (Å²) in [6, 6.07) is 10.7. The maximum atomic E-state index is 5.64. The monoisotopic (exact) mass is 328 g/mol. The Balaban J connectivity index is 2.05. The Bertz CT molecular complexity index is 692. The largest absolute Gasteiger partial charge is 0.352 e. The lowest BCUT2D eigenvalue weighted by Gasteiger charge is -2.29. The second kappa shape index (κ2) is 6.32. The molecule has 0 bridgehead atoms. The van der Waals surface area contributed by atoms with Crippen molar-refractivity contribution in [2.75, 3.05) is 6.54 Å². The molecule has 0 radical (unpaired) electrons. The molecule has 0 amide bonds. The lowest BCUT2D eigenvalue weighted by Crippen LogP contribution is -2.33. The summed E-state index contributed by atoms with van der Waals surface area (Å²) in [6.45, 7) is 7.52. The van der Waals surface area contributed by atoms with Gasteiger partial charge in [0, 0.05) is 31.2 Å². The minimum Gasteiger partial charge on any atom is -0.352 e. The average molecular weight is 328 g/mol. The van der Waals surface area contributed by atoms with E-state index in [2.05, 4.69) is 65.8 Å². The molecule has 3 heterocycles. The molecule has 3 rings (SSSR count). The van der Waals surface area contributed by atoms with Gasteiger partial charge in [-0.1, -0.05) is 19.9 Å². The molecular weight excluding hydrogens is 304 g/mol. The highest BCUT2D eigenvalue weighted by Crippen LogP contribution is 2.39. The summed E-state index contributed by atoms with van der Waals surface area (Å²) >= 11 is 5.64. The first-order valence-electron chi connectivity index (χ1n) is 8.09. The Kier molecular flexibility index (Phi) is 4.39. The van der Waals surface area contributed by atoms with Crippen LogP contribution in [0.5, 0.6) is 0 Å². The smallest absolute Gasteiger partial charge is 0.170 e. The normalized spacial score (nSPS) is 21.1. The topological polar surface area (TPSA) is 33.1 Å². The molecule has 2 atom stereocenters. The standard InChI is InChI=1S/C18H24N4S/c1-12(2)11-22-17(15-9-8-13(3)21(15)4)16(20-18(22)23)14-7-5-6-10-19-14/h5-10,12,16-17H,11H2,1-4H3,(H,20,23)/t16-,17+/m0/s1. The molecule has 1 aliphatic rings. The maximum absolute atomic E-state index is 5.64. The van der Waals surface area contributed by atoms with Crippen LogP contribution >= 0.6 is 12.2 Å². The van der Waals surface area contributed by atoms with Crippen LogP contribution in [0.25, 0.3) is 0 Å². The minimum atomic E-state index is 0.0791.